The van der Waals surface area contributed by atoms with Gasteiger partial charge in [0.1, 0.15) is 0 Å². The number of likely N-dealkylation sites (tertiary alicyclic amines) is 2. The molecular formula is C19H31N3OS. The molecule has 1 aromatic rings. The smallest absolute Gasteiger partial charge is 0.222 e. The van der Waals surface area contributed by atoms with Gasteiger partial charge in [0.05, 0.1) is 10.7 Å². The molecule has 2 saturated heterocycles. The van der Waals surface area contributed by atoms with E-state index in [0.717, 1.165) is 57.0 Å². The van der Waals surface area contributed by atoms with Crippen LogP contribution < -0.4 is 0 Å². The normalized spacial score (nSPS) is 25.8. The van der Waals surface area contributed by atoms with Gasteiger partial charge in [-0.15, -0.1) is 11.3 Å². The van der Waals surface area contributed by atoms with E-state index in [1.807, 2.05) is 0 Å². The zero-order chi connectivity index (χ0) is 17.2. The van der Waals surface area contributed by atoms with Crippen molar-refractivity contribution >= 4 is 17.2 Å². The Kier molecular flexibility index (Phi) is 5.60. The van der Waals surface area contributed by atoms with Crippen molar-refractivity contribution in [1.29, 1.82) is 0 Å². The Hall–Kier alpha value is -0.940. The number of hydrogen-bond acceptors (Lipinski definition) is 4. The number of thiazole rings is 1. The number of carbonyl (C=O) groups excluding carboxylic acids is 1. The molecule has 0 unspecified atom stereocenters. The maximum atomic E-state index is 12.3. The van der Waals surface area contributed by atoms with Gasteiger partial charge in [0.25, 0.3) is 0 Å². The number of aryl methyl sites for hydroxylation is 1. The molecule has 5 heteroatoms. The quantitative estimate of drug-likeness (QED) is 0.813. The highest BCUT2D eigenvalue weighted by atomic mass is 32.1. The van der Waals surface area contributed by atoms with E-state index in [9.17, 15) is 4.79 Å². The summed E-state index contributed by atoms with van der Waals surface area (Å²) < 4.78 is 0. The second kappa shape index (κ2) is 7.52. The second-order valence-corrected chi connectivity index (χ2v) is 9.23. The predicted octanol–water partition coefficient (Wildman–Crippen LogP) is 3.70. The van der Waals surface area contributed by atoms with Crippen LogP contribution in [0.5, 0.6) is 0 Å². The maximum absolute atomic E-state index is 12.3. The fourth-order valence-corrected chi connectivity index (χ4v) is 4.81. The number of rotatable bonds is 5. The average Bonchev–Trinajstić information content (AvgIpc) is 2.94. The molecule has 0 saturated carbocycles. The molecule has 0 bridgehead atoms. The lowest BCUT2D eigenvalue weighted by molar-refractivity contribution is -0.139. The third-order valence-electron chi connectivity index (χ3n) is 5.52. The van der Waals surface area contributed by atoms with Crippen molar-refractivity contribution in [3.05, 3.63) is 16.1 Å². The number of piperidine rings is 2. The average molecular weight is 350 g/mol. The van der Waals surface area contributed by atoms with Gasteiger partial charge in [0.15, 0.2) is 0 Å². The first kappa shape index (κ1) is 17.9. The number of aromatic nitrogens is 1. The highest BCUT2D eigenvalue weighted by Gasteiger charge is 2.41. The van der Waals surface area contributed by atoms with Gasteiger partial charge in [-0.05, 0) is 45.1 Å². The molecule has 2 fully saturated rings. The Bertz CT molecular complexity index is 571. The predicted molar refractivity (Wildman–Crippen MR) is 99.1 cm³/mol. The topological polar surface area (TPSA) is 36.4 Å². The van der Waals surface area contributed by atoms with Crippen LogP contribution >= 0.6 is 11.3 Å². The molecule has 3 heterocycles. The summed E-state index contributed by atoms with van der Waals surface area (Å²) >= 11 is 1.74. The lowest BCUT2D eigenvalue weighted by Gasteiger charge is -2.48. The summed E-state index contributed by atoms with van der Waals surface area (Å²) in [5, 5.41) is 3.34. The van der Waals surface area contributed by atoms with Crippen LogP contribution in [0.4, 0.5) is 0 Å². The summed E-state index contributed by atoms with van der Waals surface area (Å²) in [6.45, 7) is 11.7. The maximum Gasteiger partial charge on any atom is 0.222 e. The number of amides is 1. The molecule has 4 nitrogen and oxygen atoms in total. The third kappa shape index (κ3) is 4.37. The molecular weight excluding hydrogens is 318 g/mol. The first-order valence-electron chi connectivity index (χ1n) is 9.37. The van der Waals surface area contributed by atoms with Crippen LogP contribution in [-0.4, -0.2) is 46.9 Å². The minimum absolute atomic E-state index is 0.314. The molecule has 3 rings (SSSR count). The van der Waals surface area contributed by atoms with Crippen molar-refractivity contribution in [2.24, 2.45) is 11.3 Å². The minimum Gasteiger partial charge on any atom is -0.342 e. The van der Waals surface area contributed by atoms with E-state index in [2.05, 4.69) is 40.9 Å². The third-order valence-corrected chi connectivity index (χ3v) is 6.34. The zero-order valence-corrected chi connectivity index (χ0v) is 16.2. The molecule has 1 atom stereocenters. The van der Waals surface area contributed by atoms with Crippen molar-refractivity contribution in [2.45, 2.75) is 59.4 Å². The van der Waals surface area contributed by atoms with Crippen LogP contribution in [0.2, 0.25) is 0 Å². The largest absolute Gasteiger partial charge is 0.342 e. The van der Waals surface area contributed by atoms with Gasteiger partial charge in [0.2, 0.25) is 5.91 Å². The Labute approximate surface area is 150 Å². The molecule has 1 spiro atoms. The number of hydrogen-bond donors (Lipinski definition) is 0. The zero-order valence-electron chi connectivity index (χ0n) is 15.4. The first-order valence-corrected chi connectivity index (χ1v) is 10.2. The van der Waals surface area contributed by atoms with Gasteiger partial charge in [-0.2, -0.15) is 0 Å². The van der Waals surface area contributed by atoms with Crippen molar-refractivity contribution in [3.8, 4) is 0 Å². The van der Waals surface area contributed by atoms with Crippen LogP contribution in [0.1, 0.15) is 56.7 Å². The Morgan fingerprint density at radius 1 is 1.33 bits per heavy atom. The molecule has 134 valence electrons. The Morgan fingerprint density at radius 3 is 2.88 bits per heavy atom. The van der Waals surface area contributed by atoms with E-state index in [4.69, 9.17) is 0 Å². The van der Waals surface area contributed by atoms with E-state index >= 15 is 0 Å². The summed E-state index contributed by atoms with van der Waals surface area (Å²) in [6.07, 6.45) is 5.43. The number of carbonyl (C=O) groups is 1. The lowest BCUT2D eigenvalue weighted by atomic mass is 9.73. The van der Waals surface area contributed by atoms with Gasteiger partial charge in [0, 0.05) is 43.4 Å². The van der Waals surface area contributed by atoms with E-state index in [1.54, 1.807) is 11.3 Å². The van der Waals surface area contributed by atoms with E-state index in [0.29, 0.717) is 17.2 Å². The van der Waals surface area contributed by atoms with E-state index < -0.39 is 0 Å². The van der Waals surface area contributed by atoms with Crippen LogP contribution in [0, 0.1) is 18.3 Å². The Balaban J connectivity index is 1.62. The van der Waals surface area contributed by atoms with Crippen LogP contribution in [0.15, 0.2) is 5.38 Å². The van der Waals surface area contributed by atoms with Crippen molar-refractivity contribution in [2.75, 3.05) is 26.2 Å². The van der Waals surface area contributed by atoms with E-state index in [1.165, 1.54) is 18.5 Å². The van der Waals surface area contributed by atoms with Crippen LogP contribution in [0.3, 0.4) is 0 Å². The van der Waals surface area contributed by atoms with Crippen molar-refractivity contribution < 1.29 is 4.79 Å². The molecule has 1 amide bonds. The fourth-order valence-electron chi connectivity index (χ4n) is 4.21. The highest BCUT2D eigenvalue weighted by molar-refractivity contribution is 7.09. The van der Waals surface area contributed by atoms with Gasteiger partial charge in [-0.1, -0.05) is 13.8 Å². The van der Waals surface area contributed by atoms with Crippen LogP contribution in [0.25, 0.3) is 0 Å². The van der Waals surface area contributed by atoms with Gasteiger partial charge in [-0.25, -0.2) is 4.98 Å². The summed E-state index contributed by atoms with van der Waals surface area (Å²) in [5.41, 5.74) is 1.52. The van der Waals surface area contributed by atoms with Crippen LogP contribution in [-0.2, 0) is 11.3 Å². The molecule has 0 radical (unpaired) electrons. The molecule has 2 aliphatic rings. The molecule has 1 aromatic heterocycles. The van der Waals surface area contributed by atoms with Gasteiger partial charge in [-0.3, -0.25) is 9.69 Å². The van der Waals surface area contributed by atoms with Crippen molar-refractivity contribution in [3.63, 3.8) is 0 Å². The molecule has 0 aromatic carbocycles. The second-order valence-electron chi connectivity index (χ2n) is 8.17. The lowest BCUT2D eigenvalue weighted by Crippen LogP contribution is -2.54. The monoisotopic (exact) mass is 349 g/mol. The molecule has 2 aliphatic heterocycles. The summed E-state index contributed by atoms with van der Waals surface area (Å²) in [6, 6.07) is 0. The van der Waals surface area contributed by atoms with Gasteiger partial charge < -0.3 is 4.90 Å². The summed E-state index contributed by atoms with van der Waals surface area (Å²) in [5.74, 6) is 1.03. The summed E-state index contributed by atoms with van der Waals surface area (Å²) in [7, 11) is 0. The highest BCUT2D eigenvalue weighted by Crippen LogP contribution is 2.39. The standard InChI is InChI=1S/C19H31N3OS/c1-15(2)6-10-22-14-19(8-5-18(22)23)7-4-9-21(13-19)11-17-12-24-16(3)20-17/h12,15H,4-11,13-14H2,1-3H3/t19-/m0/s1. The van der Waals surface area contributed by atoms with Crippen molar-refractivity contribution in [1.82, 2.24) is 14.8 Å². The summed E-state index contributed by atoms with van der Waals surface area (Å²) in [4.78, 5) is 21.7. The first-order chi connectivity index (χ1) is 11.5. The minimum atomic E-state index is 0.314. The number of nitrogens with zero attached hydrogens (tertiary/aromatic N) is 3. The SMILES string of the molecule is Cc1nc(CN2CCC[C@]3(CCC(=O)N(CCC(C)C)C3)C2)cs1. The van der Waals surface area contributed by atoms with E-state index in [-0.39, 0.29) is 0 Å². The van der Waals surface area contributed by atoms with Gasteiger partial charge >= 0.3 is 0 Å². The molecule has 0 N–H and O–H groups in total. The fraction of sp³-hybridized carbons (Fsp3) is 0.789. The molecule has 0 aliphatic carbocycles. The Morgan fingerprint density at radius 2 is 2.17 bits per heavy atom. The molecule has 24 heavy (non-hydrogen) atoms.